The second-order valence-electron chi connectivity index (χ2n) is 3.43. The Morgan fingerprint density at radius 3 is 2.61 bits per heavy atom. The molecule has 3 N–H and O–H groups in total. The normalized spacial score (nSPS) is 10.3. The second kappa shape index (κ2) is 4.50. The van der Waals surface area contributed by atoms with Crippen LogP contribution in [-0.2, 0) is 0 Å². The summed E-state index contributed by atoms with van der Waals surface area (Å²) in [5.41, 5.74) is -1.73. The third kappa shape index (κ3) is 1.82. The molecule has 0 unspecified atom stereocenters. The quantitative estimate of drug-likeness (QED) is 0.703. The molecule has 1 heterocycles. The van der Waals surface area contributed by atoms with Gasteiger partial charge in [0.25, 0.3) is 5.56 Å². The van der Waals surface area contributed by atoms with E-state index in [4.69, 9.17) is 17.0 Å². The van der Waals surface area contributed by atoms with E-state index in [1.165, 1.54) is 12.1 Å². The van der Waals surface area contributed by atoms with Crippen LogP contribution in [0, 0.1) is 5.41 Å². The van der Waals surface area contributed by atoms with Crippen LogP contribution in [0.2, 0.25) is 5.02 Å². The van der Waals surface area contributed by atoms with Crippen molar-refractivity contribution < 1.29 is 5.11 Å². The summed E-state index contributed by atoms with van der Waals surface area (Å²) < 4.78 is 0.837. The number of hydrogen-bond acceptors (Lipinski definition) is 4. The Labute approximate surface area is 106 Å². The lowest BCUT2D eigenvalue weighted by Crippen LogP contribution is -2.31. The highest BCUT2D eigenvalue weighted by molar-refractivity contribution is 6.32. The van der Waals surface area contributed by atoms with Gasteiger partial charge in [-0.25, -0.2) is 9.36 Å². The SMILES string of the molecule is N=Cc1c(O)n(-c2ccccc2Cl)c(=O)[nH]c1=O. The van der Waals surface area contributed by atoms with Crippen LogP contribution in [0.5, 0.6) is 5.88 Å². The first-order chi connectivity index (χ1) is 8.56. The van der Waals surface area contributed by atoms with Crippen molar-refractivity contribution in [2.75, 3.05) is 0 Å². The van der Waals surface area contributed by atoms with Gasteiger partial charge in [0.05, 0.1) is 10.7 Å². The van der Waals surface area contributed by atoms with E-state index in [-0.39, 0.29) is 16.3 Å². The molecule has 18 heavy (non-hydrogen) atoms. The molecule has 2 aromatic rings. The summed E-state index contributed by atoms with van der Waals surface area (Å²) in [7, 11) is 0. The number of nitrogens with zero attached hydrogens (tertiary/aromatic N) is 1. The van der Waals surface area contributed by atoms with Crippen LogP contribution in [0.4, 0.5) is 0 Å². The molecular formula is C11H8ClN3O3. The fourth-order valence-corrected chi connectivity index (χ4v) is 1.75. The Kier molecular flexibility index (Phi) is 3.03. The Bertz CT molecular complexity index is 733. The summed E-state index contributed by atoms with van der Waals surface area (Å²) >= 11 is 5.92. The summed E-state index contributed by atoms with van der Waals surface area (Å²) in [6, 6.07) is 6.34. The van der Waals surface area contributed by atoms with Crippen molar-refractivity contribution in [2.45, 2.75) is 0 Å². The van der Waals surface area contributed by atoms with Gasteiger partial charge in [0.1, 0.15) is 5.56 Å². The first-order valence-electron chi connectivity index (χ1n) is 4.90. The van der Waals surface area contributed by atoms with Crippen LogP contribution in [0.15, 0.2) is 33.9 Å². The van der Waals surface area contributed by atoms with Gasteiger partial charge in [-0.1, -0.05) is 23.7 Å². The number of aromatic hydroxyl groups is 1. The van der Waals surface area contributed by atoms with E-state index in [1.54, 1.807) is 12.1 Å². The van der Waals surface area contributed by atoms with E-state index < -0.39 is 17.1 Å². The highest BCUT2D eigenvalue weighted by Crippen LogP contribution is 2.22. The number of para-hydroxylation sites is 1. The van der Waals surface area contributed by atoms with Crippen LogP contribution < -0.4 is 11.2 Å². The highest BCUT2D eigenvalue weighted by Gasteiger charge is 2.15. The molecule has 2 rings (SSSR count). The van der Waals surface area contributed by atoms with Gasteiger partial charge in [-0.15, -0.1) is 0 Å². The predicted octanol–water partition coefficient (Wildman–Crippen LogP) is 0.882. The van der Waals surface area contributed by atoms with Crippen molar-refractivity contribution in [3.05, 3.63) is 55.7 Å². The third-order valence-corrected chi connectivity index (χ3v) is 2.68. The molecule has 0 saturated carbocycles. The average molecular weight is 266 g/mol. The molecule has 0 saturated heterocycles. The molecule has 0 amide bonds. The number of aromatic nitrogens is 2. The van der Waals surface area contributed by atoms with E-state index in [0.29, 0.717) is 6.21 Å². The van der Waals surface area contributed by atoms with Gasteiger partial charge in [0.15, 0.2) is 0 Å². The molecule has 0 atom stereocenters. The fraction of sp³-hybridized carbons (Fsp3) is 0. The largest absolute Gasteiger partial charge is 0.493 e. The number of rotatable bonds is 2. The number of halogens is 1. The standard InChI is InChI=1S/C11H8ClN3O3/c12-7-3-1-2-4-8(7)15-10(17)6(5-13)9(16)14-11(15)18/h1-5,13,17H,(H,14,16,18). The van der Waals surface area contributed by atoms with Crippen molar-refractivity contribution in [3.8, 4) is 11.6 Å². The number of hydrogen-bond donors (Lipinski definition) is 3. The maximum atomic E-state index is 11.7. The van der Waals surface area contributed by atoms with E-state index in [0.717, 1.165) is 4.57 Å². The molecule has 0 aliphatic carbocycles. The van der Waals surface area contributed by atoms with Crippen molar-refractivity contribution >= 4 is 17.8 Å². The molecule has 92 valence electrons. The molecule has 0 aliphatic heterocycles. The van der Waals surface area contributed by atoms with Crippen LogP contribution >= 0.6 is 11.6 Å². The zero-order chi connectivity index (χ0) is 13.3. The average Bonchev–Trinajstić information content (AvgIpc) is 2.31. The number of aromatic amines is 1. The topological polar surface area (TPSA) is 98.9 Å². The Morgan fingerprint density at radius 2 is 2.00 bits per heavy atom. The first kappa shape index (κ1) is 12.1. The first-order valence-corrected chi connectivity index (χ1v) is 5.27. The predicted molar refractivity (Wildman–Crippen MR) is 67.2 cm³/mol. The third-order valence-electron chi connectivity index (χ3n) is 2.36. The van der Waals surface area contributed by atoms with Gasteiger partial charge in [0, 0.05) is 6.21 Å². The molecule has 0 bridgehead atoms. The maximum absolute atomic E-state index is 11.7. The van der Waals surface area contributed by atoms with E-state index >= 15 is 0 Å². The van der Waals surface area contributed by atoms with Gasteiger partial charge in [-0.05, 0) is 12.1 Å². The maximum Gasteiger partial charge on any atom is 0.335 e. The van der Waals surface area contributed by atoms with Gasteiger partial charge in [-0.3, -0.25) is 9.78 Å². The van der Waals surface area contributed by atoms with Gasteiger partial charge < -0.3 is 10.5 Å². The number of nitrogens with one attached hydrogen (secondary N) is 2. The Balaban J connectivity index is 2.89. The molecule has 7 heteroatoms. The van der Waals surface area contributed by atoms with E-state index in [9.17, 15) is 14.7 Å². The molecule has 0 radical (unpaired) electrons. The lowest BCUT2D eigenvalue weighted by Gasteiger charge is -2.10. The van der Waals surface area contributed by atoms with E-state index in [1.807, 2.05) is 4.98 Å². The zero-order valence-corrected chi connectivity index (χ0v) is 9.73. The summed E-state index contributed by atoms with van der Waals surface area (Å²) in [6.07, 6.45) is 0.668. The highest BCUT2D eigenvalue weighted by atomic mass is 35.5. The van der Waals surface area contributed by atoms with Crippen LogP contribution in [-0.4, -0.2) is 20.9 Å². The summed E-state index contributed by atoms with van der Waals surface area (Å²) in [4.78, 5) is 25.0. The van der Waals surface area contributed by atoms with Crippen LogP contribution in [0.1, 0.15) is 5.56 Å². The minimum Gasteiger partial charge on any atom is -0.493 e. The molecule has 1 aromatic carbocycles. The summed E-state index contributed by atoms with van der Waals surface area (Å²) in [5, 5.41) is 17.2. The Morgan fingerprint density at radius 1 is 1.33 bits per heavy atom. The minimum atomic E-state index is -0.823. The van der Waals surface area contributed by atoms with Crippen molar-refractivity contribution in [1.82, 2.24) is 9.55 Å². The number of H-pyrrole nitrogens is 1. The smallest absolute Gasteiger partial charge is 0.335 e. The molecule has 1 aromatic heterocycles. The summed E-state index contributed by atoms with van der Waals surface area (Å²) in [5.74, 6) is -0.619. The van der Waals surface area contributed by atoms with Crippen molar-refractivity contribution in [1.29, 1.82) is 5.41 Å². The van der Waals surface area contributed by atoms with Crippen molar-refractivity contribution in [2.24, 2.45) is 0 Å². The lowest BCUT2D eigenvalue weighted by atomic mass is 10.3. The fourth-order valence-electron chi connectivity index (χ4n) is 1.53. The van der Waals surface area contributed by atoms with E-state index in [2.05, 4.69) is 0 Å². The zero-order valence-electron chi connectivity index (χ0n) is 8.98. The molecular weight excluding hydrogens is 258 g/mol. The number of benzene rings is 1. The summed E-state index contributed by atoms with van der Waals surface area (Å²) in [6.45, 7) is 0. The molecule has 6 nitrogen and oxygen atoms in total. The molecule has 0 fully saturated rings. The van der Waals surface area contributed by atoms with Gasteiger partial charge >= 0.3 is 5.69 Å². The minimum absolute atomic E-state index is 0.223. The van der Waals surface area contributed by atoms with Crippen molar-refractivity contribution in [3.63, 3.8) is 0 Å². The monoisotopic (exact) mass is 265 g/mol. The lowest BCUT2D eigenvalue weighted by molar-refractivity contribution is 0.430. The molecule has 0 aliphatic rings. The second-order valence-corrected chi connectivity index (χ2v) is 3.83. The van der Waals surface area contributed by atoms with Crippen LogP contribution in [0.3, 0.4) is 0 Å². The molecule has 0 spiro atoms. The van der Waals surface area contributed by atoms with Gasteiger partial charge in [0.2, 0.25) is 5.88 Å². The Hall–Kier alpha value is -2.34. The van der Waals surface area contributed by atoms with Crippen LogP contribution in [0.25, 0.3) is 5.69 Å². The van der Waals surface area contributed by atoms with Gasteiger partial charge in [-0.2, -0.15) is 0 Å².